The SMILES string of the molecule is O=C(O)c1ccc(-c2cc(Cl)cc(Cl)c2)nn1. The van der Waals surface area contributed by atoms with Crippen LogP contribution >= 0.6 is 23.2 Å². The molecule has 1 aromatic heterocycles. The summed E-state index contributed by atoms with van der Waals surface area (Å²) in [6.45, 7) is 0. The minimum atomic E-state index is -1.12. The van der Waals surface area contributed by atoms with E-state index >= 15 is 0 Å². The topological polar surface area (TPSA) is 63.1 Å². The fourth-order valence-electron chi connectivity index (χ4n) is 1.30. The van der Waals surface area contributed by atoms with Gasteiger partial charge in [0.05, 0.1) is 5.69 Å². The molecule has 0 spiro atoms. The van der Waals surface area contributed by atoms with Crippen molar-refractivity contribution in [3.05, 3.63) is 46.1 Å². The first-order valence-electron chi connectivity index (χ1n) is 4.60. The lowest BCUT2D eigenvalue weighted by Gasteiger charge is -2.02. The second-order valence-electron chi connectivity index (χ2n) is 3.27. The second-order valence-corrected chi connectivity index (χ2v) is 4.14. The maximum atomic E-state index is 10.6. The van der Waals surface area contributed by atoms with Crippen molar-refractivity contribution in [2.45, 2.75) is 0 Å². The Hall–Kier alpha value is -1.65. The molecule has 0 atom stereocenters. The molecular weight excluding hydrogens is 263 g/mol. The number of benzene rings is 1. The zero-order valence-corrected chi connectivity index (χ0v) is 9.90. The molecule has 17 heavy (non-hydrogen) atoms. The highest BCUT2D eigenvalue weighted by Crippen LogP contribution is 2.25. The predicted molar refractivity (Wildman–Crippen MR) is 64.4 cm³/mol. The molecule has 1 N–H and O–H groups in total. The van der Waals surface area contributed by atoms with E-state index in [2.05, 4.69) is 10.2 Å². The summed E-state index contributed by atoms with van der Waals surface area (Å²) in [6, 6.07) is 7.89. The summed E-state index contributed by atoms with van der Waals surface area (Å²) < 4.78 is 0. The Kier molecular flexibility index (Phi) is 3.26. The van der Waals surface area contributed by atoms with Gasteiger partial charge in [-0.1, -0.05) is 23.2 Å². The standard InChI is InChI=1S/C11H6Cl2N2O2/c12-7-3-6(4-8(13)5-7)9-1-2-10(11(16)17)15-14-9/h1-5H,(H,16,17). The van der Waals surface area contributed by atoms with Crippen molar-refractivity contribution in [3.63, 3.8) is 0 Å². The van der Waals surface area contributed by atoms with E-state index < -0.39 is 5.97 Å². The lowest BCUT2D eigenvalue weighted by molar-refractivity contribution is 0.0689. The average molecular weight is 269 g/mol. The number of carboxylic acid groups (broad SMARTS) is 1. The smallest absolute Gasteiger partial charge is 0.356 e. The Morgan fingerprint density at radius 1 is 1.06 bits per heavy atom. The van der Waals surface area contributed by atoms with E-state index in [4.69, 9.17) is 28.3 Å². The van der Waals surface area contributed by atoms with Crippen LogP contribution in [-0.4, -0.2) is 21.3 Å². The summed E-state index contributed by atoms with van der Waals surface area (Å²) in [7, 11) is 0. The van der Waals surface area contributed by atoms with Crippen LogP contribution in [0.2, 0.25) is 10.0 Å². The molecule has 1 heterocycles. The average Bonchev–Trinajstić information content (AvgIpc) is 2.28. The molecule has 0 amide bonds. The molecule has 0 bridgehead atoms. The third-order valence-electron chi connectivity index (χ3n) is 2.04. The van der Waals surface area contributed by atoms with E-state index in [-0.39, 0.29) is 5.69 Å². The molecule has 0 aliphatic carbocycles. The lowest BCUT2D eigenvalue weighted by atomic mass is 10.1. The lowest BCUT2D eigenvalue weighted by Crippen LogP contribution is -2.01. The molecule has 0 aliphatic rings. The number of halogens is 2. The van der Waals surface area contributed by atoms with Crippen molar-refractivity contribution in [1.82, 2.24) is 10.2 Å². The Morgan fingerprint density at radius 2 is 1.71 bits per heavy atom. The Bertz CT molecular complexity index is 550. The van der Waals surface area contributed by atoms with Crippen molar-refractivity contribution in [2.24, 2.45) is 0 Å². The van der Waals surface area contributed by atoms with Gasteiger partial charge in [0.2, 0.25) is 0 Å². The van der Waals surface area contributed by atoms with Gasteiger partial charge in [-0.15, -0.1) is 10.2 Å². The molecule has 0 saturated heterocycles. The molecule has 86 valence electrons. The van der Waals surface area contributed by atoms with Gasteiger partial charge in [0, 0.05) is 15.6 Å². The molecule has 4 nitrogen and oxygen atoms in total. The van der Waals surface area contributed by atoms with Crippen molar-refractivity contribution in [2.75, 3.05) is 0 Å². The second kappa shape index (κ2) is 4.69. The largest absolute Gasteiger partial charge is 0.476 e. The summed E-state index contributed by atoms with van der Waals surface area (Å²) in [5, 5.41) is 17.0. The van der Waals surface area contributed by atoms with E-state index in [0.717, 1.165) is 0 Å². The molecule has 0 unspecified atom stereocenters. The first kappa shape index (κ1) is 11.8. The normalized spacial score (nSPS) is 10.2. The zero-order chi connectivity index (χ0) is 12.4. The van der Waals surface area contributed by atoms with E-state index in [1.54, 1.807) is 24.3 Å². The van der Waals surface area contributed by atoms with E-state index in [9.17, 15) is 4.79 Å². The molecule has 0 radical (unpaired) electrons. The van der Waals surface area contributed by atoms with Gasteiger partial charge < -0.3 is 5.11 Å². The molecule has 0 saturated carbocycles. The highest BCUT2D eigenvalue weighted by Gasteiger charge is 2.07. The van der Waals surface area contributed by atoms with Crippen LogP contribution < -0.4 is 0 Å². The van der Waals surface area contributed by atoms with E-state index in [1.165, 1.54) is 6.07 Å². The number of hydrogen-bond donors (Lipinski definition) is 1. The van der Waals surface area contributed by atoms with Crippen LogP contribution in [0.3, 0.4) is 0 Å². The quantitative estimate of drug-likeness (QED) is 0.909. The molecule has 1 aromatic carbocycles. The van der Waals surface area contributed by atoms with Crippen LogP contribution in [0.15, 0.2) is 30.3 Å². The number of aromatic carboxylic acids is 1. The van der Waals surface area contributed by atoms with Crippen LogP contribution in [0.25, 0.3) is 11.3 Å². The summed E-state index contributed by atoms with van der Waals surface area (Å²) >= 11 is 11.7. The minimum absolute atomic E-state index is 0.109. The molecule has 2 rings (SSSR count). The van der Waals surface area contributed by atoms with Crippen LogP contribution in [0, 0.1) is 0 Å². The van der Waals surface area contributed by atoms with Crippen LogP contribution in [0.1, 0.15) is 10.5 Å². The van der Waals surface area contributed by atoms with Crippen molar-refractivity contribution in [3.8, 4) is 11.3 Å². The van der Waals surface area contributed by atoms with E-state index in [1.807, 2.05) is 0 Å². The number of aromatic nitrogens is 2. The summed E-state index contributed by atoms with van der Waals surface area (Å²) in [4.78, 5) is 10.6. The predicted octanol–water partition coefficient (Wildman–Crippen LogP) is 3.15. The van der Waals surface area contributed by atoms with Gasteiger partial charge in [-0.2, -0.15) is 0 Å². The van der Waals surface area contributed by atoms with Gasteiger partial charge in [0.1, 0.15) is 0 Å². The summed E-state index contributed by atoms with van der Waals surface area (Å²) in [5.41, 5.74) is 1.09. The molecule has 2 aromatic rings. The number of carbonyl (C=O) groups is 1. The van der Waals surface area contributed by atoms with Gasteiger partial charge in [-0.25, -0.2) is 4.79 Å². The number of carboxylic acids is 1. The van der Waals surface area contributed by atoms with Gasteiger partial charge in [0.15, 0.2) is 5.69 Å². The maximum Gasteiger partial charge on any atom is 0.356 e. The van der Waals surface area contributed by atoms with Crippen LogP contribution in [-0.2, 0) is 0 Å². The Morgan fingerprint density at radius 3 is 2.18 bits per heavy atom. The highest BCUT2D eigenvalue weighted by molar-refractivity contribution is 6.35. The fourth-order valence-corrected chi connectivity index (χ4v) is 1.83. The first-order valence-corrected chi connectivity index (χ1v) is 5.35. The van der Waals surface area contributed by atoms with Crippen LogP contribution in [0.5, 0.6) is 0 Å². The summed E-state index contributed by atoms with van der Waals surface area (Å²) in [6.07, 6.45) is 0. The zero-order valence-electron chi connectivity index (χ0n) is 8.39. The Balaban J connectivity index is 2.43. The van der Waals surface area contributed by atoms with Gasteiger partial charge in [-0.3, -0.25) is 0 Å². The van der Waals surface area contributed by atoms with Gasteiger partial charge in [-0.05, 0) is 30.3 Å². The van der Waals surface area contributed by atoms with Crippen molar-refractivity contribution >= 4 is 29.2 Å². The van der Waals surface area contributed by atoms with Crippen molar-refractivity contribution in [1.29, 1.82) is 0 Å². The molecule has 0 fully saturated rings. The third-order valence-corrected chi connectivity index (χ3v) is 2.48. The number of nitrogens with zero attached hydrogens (tertiary/aromatic N) is 2. The highest BCUT2D eigenvalue weighted by atomic mass is 35.5. The third kappa shape index (κ3) is 2.72. The number of hydrogen-bond acceptors (Lipinski definition) is 3. The number of rotatable bonds is 2. The monoisotopic (exact) mass is 268 g/mol. The minimum Gasteiger partial charge on any atom is -0.476 e. The maximum absolute atomic E-state index is 10.6. The van der Waals surface area contributed by atoms with Crippen molar-refractivity contribution < 1.29 is 9.90 Å². The fraction of sp³-hybridized carbons (Fsp3) is 0. The van der Waals surface area contributed by atoms with Gasteiger partial charge in [0.25, 0.3) is 0 Å². The summed E-state index contributed by atoms with van der Waals surface area (Å²) in [5.74, 6) is -1.12. The van der Waals surface area contributed by atoms with E-state index in [0.29, 0.717) is 21.3 Å². The molecule has 6 heteroatoms. The Labute approximate surface area is 107 Å². The van der Waals surface area contributed by atoms with Gasteiger partial charge >= 0.3 is 5.97 Å². The van der Waals surface area contributed by atoms with Crippen LogP contribution in [0.4, 0.5) is 0 Å². The first-order chi connectivity index (χ1) is 8.06. The molecular formula is C11H6Cl2N2O2. The molecule has 0 aliphatic heterocycles.